The molecule has 1 aromatic heterocycles. The molecule has 0 bridgehead atoms. The lowest BCUT2D eigenvalue weighted by Gasteiger charge is -2.09. The number of aryl methyl sites for hydroxylation is 1. The van der Waals surface area contributed by atoms with Crippen LogP contribution in [0, 0.1) is 6.92 Å². The SMILES string of the molecule is CCC(=O)Nc1ccc(S(=O)(=O)Nc2ccc3sc(NC(=O)c4ccc(C)cc4)nc3c2)cc1. The average Bonchev–Trinajstić information content (AvgIpc) is 3.21. The Balaban J connectivity index is 1.48. The fourth-order valence-electron chi connectivity index (χ4n) is 3.10. The number of carbonyl (C=O) groups excluding carboxylic acids is 2. The first kappa shape index (κ1) is 23.4. The molecule has 2 amide bonds. The van der Waals surface area contributed by atoms with Crippen molar-refractivity contribution in [3.8, 4) is 0 Å². The summed E-state index contributed by atoms with van der Waals surface area (Å²) in [6.45, 7) is 3.68. The van der Waals surface area contributed by atoms with Crippen LogP contribution in [0.25, 0.3) is 10.2 Å². The molecule has 0 aliphatic carbocycles. The molecule has 34 heavy (non-hydrogen) atoms. The van der Waals surface area contributed by atoms with Crippen molar-refractivity contribution in [1.82, 2.24) is 4.98 Å². The van der Waals surface area contributed by atoms with Crippen molar-refractivity contribution in [2.75, 3.05) is 15.4 Å². The van der Waals surface area contributed by atoms with Crippen LogP contribution in [-0.2, 0) is 14.8 Å². The second-order valence-electron chi connectivity index (χ2n) is 7.55. The molecule has 0 unspecified atom stereocenters. The van der Waals surface area contributed by atoms with Crippen LogP contribution in [0.15, 0.2) is 71.6 Å². The van der Waals surface area contributed by atoms with E-state index in [4.69, 9.17) is 0 Å². The topological polar surface area (TPSA) is 117 Å². The highest BCUT2D eigenvalue weighted by atomic mass is 32.2. The number of carbonyl (C=O) groups is 2. The van der Waals surface area contributed by atoms with Crippen molar-refractivity contribution in [3.63, 3.8) is 0 Å². The maximum absolute atomic E-state index is 12.8. The van der Waals surface area contributed by atoms with Crippen LogP contribution in [-0.4, -0.2) is 25.2 Å². The van der Waals surface area contributed by atoms with Gasteiger partial charge in [0.05, 0.1) is 20.8 Å². The Hall–Kier alpha value is -3.76. The van der Waals surface area contributed by atoms with Crippen LogP contribution < -0.4 is 15.4 Å². The quantitative estimate of drug-likeness (QED) is 0.334. The van der Waals surface area contributed by atoms with Crippen LogP contribution in [0.3, 0.4) is 0 Å². The lowest BCUT2D eigenvalue weighted by molar-refractivity contribution is -0.115. The lowest BCUT2D eigenvalue weighted by atomic mass is 10.1. The van der Waals surface area contributed by atoms with E-state index in [2.05, 4.69) is 20.3 Å². The molecular weight excluding hydrogens is 472 g/mol. The lowest BCUT2D eigenvalue weighted by Crippen LogP contribution is -2.13. The average molecular weight is 495 g/mol. The summed E-state index contributed by atoms with van der Waals surface area (Å²) >= 11 is 1.30. The summed E-state index contributed by atoms with van der Waals surface area (Å²) in [5.74, 6) is -0.418. The zero-order chi connectivity index (χ0) is 24.3. The van der Waals surface area contributed by atoms with Gasteiger partial charge in [0, 0.05) is 17.7 Å². The standard InChI is InChI=1S/C24H22N4O4S2/c1-3-22(29)25-17-8-11-19(12-9-17)34(31,32)28-18-10-13-21-20(14-18)26-24(33-21)27-23(30)16-6-4-15(2)5-7-16/h4-14,28H,3H2,1-2H3,(H,25,29)(H,26,27,30). The van der Waals surface area contributed by atoms with Crippen LogP contribution in [0.4, 0.5) is 16.5 Å². The molecular formula is C24H22N4O4S2. The van der Waals surface area contributed by atoms with Crippen LogP contribution >= 0.6 is 11.3 Å². The molecule has 10 heteroatoms. The number of nitrogens with one attached hydrogen (secondary N) is 3. The van der Waals surface area contributed by atoms with Gasteiger partial charge in [-0.1, -0.05) is 36.0 Å². The van der Waals surface area contributed by atoms with Gasteiger partial charge >= 0.3 is 0 Å². The predicted octanol–water partition coefficient (Wildman–Crippen LogP) is 5.01. The van der Waals surface area contributed by atoms with Crippen molar-refractivity contribution in [1.29, 1.82) is 0 Å². The number of amides is 2. The highest BCUT2D eigenvalue weighted by Gasteiger charge is 2.16. The van der Waals surface area contributed by atoms with Gasteiger partial charge in [0.1, 0.15) is 0 Å². The number of thiazole rings is 1. The third-order valence-electron chi connectivity index (χ3n) is 4.94. The molecule has 1 heterocycles. The molecule has 4 rings (SSSR count). The van der Waals surface area contributed by atoms with E-state index in [-0.39, 0.29) is 16.7 Å². The maximum Gasteiger partial charge on any atom is 0.261 e. The summed E-state index contributed by atoms with van der Waals surface area (Å²) in [6, 6.07) is 18.1. The second kappa shape index (κ2) is 9.62. The Morgan fingerprint density at radius 1 is 0.912 bits per heavy atom. The fraction of sp³-hybridized carbons (Fsp3) is 0.125. The number of hydrogen-bond acceptors (Lipinski definition) is 6. The van der Waals surface area contributed by atoms with Gasteiger partial charge in [0.15, 0.2) is 5.13 Å². The van der Waals surface area contributed by atoms with Gasteiger partial charge in [0.2, 0.25) is 5.91 Å². The monoisotopic (exact) mass is 494 g/mol. The van der Waals surface area contributed by atoms with Gasteiger partial charge in [-0.05, 0) is 61.5 Å². The predicted molar refractivity (Wildman–Crippen MR) is 135 cm³/mol. The Kier molecular flexibility index (Phi) is 6.62. The van der Waals surface area contributed by atoms with Crippen molar-refractivity contribution in [2.45, 2.75) is 25.2 Å². The number of nitrogens with zero attached hydrogens (tertiary/aromatic N) is 1. The molecule has 0 aliphatic rings. The third kappa shape index (κ3) is 5.41. The zero-order valence-corrected chi connectivity index (χ0v) is 20.1. The van der Waals surface area contributed by atoms with Crippen molar-refractivity contribution in [2.24, 2.45) is 0 Å². The van der Waals surface area contributed by atoms with Gasteiger partial charge in [-0.25, -0.2) is 13.4 Å². The van der Waals surface area contributed by atoms with Gasteiger partial charge in [-0.3, -0.25) is 19.6 Å². The summed E-state index contributed by atoms with van der Waals surface area (Å²) < 4.78 is 28.9. The van der Waals surface area contributed by atoms with Crippen molar-refractivity contribution >= 4 is 59.9 Å². The minimum absolute atomic E-state index is 0.0615. The van der Waals surface area contributed by atoms with Crippen LogP contribution in [0.2, 0.25) is 0 Å². The van der Waals surface area contributed by atoms with Crippen molar-refractivity contribution < 1.29 is 18.0 Å². The summed E-state index contributed by atoms with van der Waals surface area (Å²) in [6.07, 6.45) is 0.331. The molecule has 0 atom stereocenters. The summed E-state index contributed by atoms with van der Waals surface area (Å²) in [5.41, 5.74) is 3.01. The molecule has 3 N–H and O–H groups in total. The van der Waals surface area contributed by atoms with E-state index in [1.807, 2.05) is 19.1 Å². The number of sulfonamides is 1. The molecule has 8 nitrogen and oxygen atoms in total. The molecule has 0 spiro atoms. The summed E-state index contributed by atoms with van der Waals surface area (Å²) in [7, 11) is -3.84. The second-order valence-corrected chi connectivity index (χ2v) is 10.3. The van der Waals surface area contributed by atoms with E-state index < -0.39 is 10.0 Å². The van der Waals surface area contributed by atoms with E-state index in [0.29, 0.717) is 34.0 Å². The summed E-state index contributed by atoms with van der Waals surface area (Å²) in [4.78, 5) is 28.4. The van der Waals surface area contributed by atoms with Gasteiger partial charge < -0.3 is 5.32 Å². The van der Waals surface area contributed by atoms with E-state index in [1.54, 1.807) is 37.3 Å². The molecule has 0 fully saturated rings. The first-order valence-electron chi connectivity index (χ1n) is 10.4. The Morgan fingerprint density at radius 3 is 2.26 bits per heavy atom. The molecule has 0 saturated heterocycles. The normalized spacial score (nSPS) is 11.2. The van der Waals surface area contributed by atoms with Gasteiger partial charge in [-0.2, -0.15) is 0 Å². The zero-order valence-electron chi connectivity index (χ0n) is 18.5. The smallest absolute Gasteiger partial charge is 0.261 e. The molecule has 174 valence electrons. The molecule has 0 radical (unpaired) electrons. The van der Waals surface area contributed by atoms with Crippen LogP contribution in [0.5, 0.6) is 0 Å². The number of hydrogen-bond donors (Lipinski definition) is 3. The Morgan fingerprint density at radius 2 is 1.59 bits per heavy atom. The largest absolute Gasteiger partial charge is 0.326 e. The highest BCUT2D eigenvalue weighted by Crippen LogP contribution is 2.29. The maximum atomic E-state index is 12.8. The highest BCUT2D eigenvalue weighted by molar-refractivity contribution is 7.92. The number of benzene rings is 3. The fourth-order valence-corrected chi connectivity index (χ4v) is 4.99. The minimum Gasteiger partial charge on any atom is -0.326 e. The molecule has 0 aliphatic heterocycles. The van der Waals surface area contributed by atoms with E-state index >= 15 is 0 Å². The van der Waals surface area contributed by atoms with Crippen molar-refractivity contribution in [3.05, 3.63) is 77.9 Å². The molecule has 3 aromatic carbocycles. The van der Waals surface area contributed by atoms with E-state index in [1.165, 1.54) is 35.6 Å². The first-order valence-corrected chi connectivity index (χ1v) is 12.7. The first-order chi connectivity index (χ1) is 16.2. The van der Waals surface area contributed by atoms with E-state index in [9.17, 15) is 18.0 Å². The summed E-state index contributed by atoms with van der Waals surface area (Å²) in [5, 5.41) is 5.88. The number of rotatable bonds is 7. The molecule has 4 aromatic rings. The van der Waals surface area contributed by atoms with Gasteiger partial charge in [0.25, 0.3) is 15.9 Å². The Labute approximate surface area is 201 Å². The third-order valence-corrected chi connectivity index (χ3v) is 7.29. The minimum atomic E-state index is -3.84. The molecule has 0 saturated carbocycles. The number of fused-ring (bicyclic) bond motifs is 1. The van der Waals surface area contributed by atoms with Gasteiger partial charge in [-0.15, -0.1) is 0 Å². The number of anilines is 3. The van der Waals surface area contributed by atoms with E-state index in [0.717, 1.165) is 10.3 Å². The number of aromatic nitrogens is 1. The Bertz CT molecular complexity index is 1460. The van der Waals surface area contributed by atoms with Crippen LogP contribution in [0.1, 0.15) is 29.3 Å².